The molecule has 0 unspecified atom stereocenters. The summed E-state index contributed by atoms with van der Waals surface area (Å²) in [6.07, 6.45) is 1.54. The molecule has 1 heterocycles. The third kappa shape index (κ3) is 3.12. The highest BCUT2D eigenvalue weighted by Gasteiger charge is 2.11. The lowest BCUT2D eigenvalue weighted by molar-refractivity contribution is 0.469. The van der Waals surface area contributed by atoms with E-state index in [-0.39, 0.29) is 17.1 Å². The minimum absolute atomic E-state index is 0.201. The van der Waals surface area contributed by atoms with Gasteiger partial charge in [0, 0.05) is 11.6 Å². The Kier molecular flexibility index (Phi) is 4.18. The van der Waals surface area contributed by atoms with E-state index in [1.807, 2.05) is 29.5 Å². The Bertz CT molecular complexity index is 650. The molecule has 2 rings (SSSR count). The molecule has 2 aromatic rings. The summed E-state index contributed by atoms with van der Waals surface area (Å²) >= 11 is 1.95. The van der Waals surface area contributed by atoms with Crippen LogP contribution in [0.25, 0.3) is 11.4 Å². The molecule has 0 saturated heterocycles. The number of benzene rings is 1. The number of hydrogen-bond acceptors (Lipinski definition) is 3. The summed E-state index contributed by atoms with van der Waals surface area (Å²) in [6, 6.07) is 3.59. The molecule has 0 amide bonds. The fourth-order valence-electron chi connectivity index (χ4n) is 1.76. The summed E-state index contributed by atoms with van der Waals surface area (Å²) in [4.78, 5) is 18.7. The molecule has 6 heteroatoms. The van der Waals surface area contributed by atoms with E-state index in [4.69, 9.17) is 0 Å². The van der Waals surface area contributed by atoms with E-state index in [0.29, 0.717) is 21.2 Å². The second-order valence-corrected chi connectivity index (χ2v) is 5.20. The van der Waals surface area contributed by atoms with Crippen LogP contribution in [0.3, 0.4) is 0 Å². The van der Waals surface area contributed by atoms with Gasteiger partial charge in [-0.3, -0.25) is 4.79 Å². The Hall–Kier alpha value is -1.44. The molecule has 0 aliphatic carbocycles. The molecular formula is C13H12FIN2O2. The minimum atomic E-state index is -0.576. The van der Waals surface area contributed by atoms with Crippen molar-refractivity contribution in [3.63, 3.8) is 0 Å². The Morgan fingerprint density at radius 2 is 2.16 bits per heavy atom. The molecule has 4 nitrogen and oxygen atoms in total. The zero-order valence-electron chi connectivity index (χ0n) is 10.2. The van der Waals surface area contributed by atoms with Gasteiger partial charge in [-0.2, -0.15) is 0 Å². The molecule has 0 bridgehead atoms. The number of phenolic OH excluding ortho intramolecular Hbond substituents is 1. The van der Waals surface area contributed by atoms with E-state index < -0.39 is 5.82 Å². The second kappa shape index (κ2) is 5.68. The van der Waals surface area contributed by atoms with Crippen LogP contribution in [0.4, 0.5) is 4.39 Å². The van der Waals surface area contributed by atoms with Crippen LogP contribution in [0, 0.1) is 9.39 Å². The van der Waals surface area contributed by atoms with Crippen molar-refractivity contribution < 1.29 is 9.50 Å². The summed E-state index contributed by atoms with van der Waals surface area (Å²) in [7, 11) is 0. The van der Waals surface area contributed by atoms with Crippen molar-refractivity contribution in [2.45, 2.75) is 19.8 Å². The van der Waals surface area contributed by atoms with Crippen LogP contribution in [-0.4, -0.2) is 15.1 Å². The molecular weight excluding hydrogens is 362 g/mol. The maximum atomic E-state index is 13.3. The van der Waals surface area contributed by atoms with E-state index in [0.717, 1.165) is 12.5 Å². The minimum Gasteiger partial charge on any atom is -0.508 e. The van der Waals surface area contributed by atoms with Gasteiger partial charge >= 0.3 is 0 Å². The van der Waals surface area contributed by atoms with Crippen molar-refractivity contribution in [1.29, 1.82) is 0 Å². The number of aromatic nitrogens is 2. The molecule has 1 aromatic carbocycles. The summed E-state index contributed by atoms with van der Waals surface area (Å²) in [5.74, 6) is -0.509. The first kappa shape index (κ1) is 14.0. The van der Waals surface area contributed by atoms with Gasteiger partial charge in [-0.1, -0.05) is 13.3 Å². The molecule has 0 aliphatic heterocycles. The number of phenols is 1. The normalized spacial score (nSPS) is 10.7. The van der Waals surface area contributed by atoms with Crippen LogP contribution < -0.4 is 5.56 Å². The van der Waals surface area contributed by atoms with Gasteiger partial charge in [0.1, 0.15) is 17.4 Å². The predicted octanol–water partition coefficient (Wildman–Crippen LogP) is 2.84. The molecule has 0 atom stereocenters. The number of nitrogens with one attached hydrogen (secondary N) is 1. The molecule has 1 aromatic heterocycles. The molecule has 0 fully saturated rings. The van der Waals surface area contributed by atoms with Gasteiger partial charge in [0.15, 0.2) is 0 Å². The third-order valence-corrected chi connectivity index (χ3v) is 3.69. The van der Waals surface area contributed by atoms with Crippen LogP contribution in [0.15, 0.2) is 23.0 Å². The van der Waals surface area contributed by atoms with Crippen LogP contribution in [0.5, 0.6) is 5.75 Å². The Balaban J connectivity index is 2.59. The van der Waals surface area contributed by atoms with Gasteiger partial charge in [0.25, 0.3) is 5.56 Å². The quantitative estimate of drug-likeness (QED) is 0.813. The first-order valence-corrected chi connectivity index (χ1v) is 6.87. The first-order valence-electron chi connectivity index (χ1n) is 5.80. The number of aromatic hydroxyl groups is 1. The highest BCUT2D eigenvalue weighted by Crippen LogP contribution is 2.22. The first-order chi connectivity index (χ1) is 9.01. The lowest BCUT2D eigenvalue weighted by atomic mass is 10.2. The molecule has 0 spiro atoms. The summed E-state index contributed by atoms with van der Waals surface area (Å²) in [5, 5.41) is 9.39. The van der Waals surface area contributed by atoms with Crippen molar-refractivity contribution in [3.8, 4) is 17.1 Å². The molecule has 0 saturated carbocycles. The highest BCUT2D eigenvalue weighted by atomic mass is 127. The smallest absolute Gasteiger partial charge is 0.264 e. The van der Waals surface area contributed by atoms with E-state index >= 15 is 0 Å². The van der Waals surface area contributed by atoms with Crippen LogP contribution in [0.1, 0.15) is 19.0 Å². The maximum Gasteiger partial charge on any atom is 0.264 e. The van der Waals surface area contributed by atoms with Gasteiger partial charge in [-0.25, -0.2) is 9.37 Å². The average molecular weight is 374 g/mol. The van der Waals surface area contributed by atoms with Crippen LogP contribution >= 0.6 is 22.6 Å². The SMILES string of the molecule is CCCc1nc(-c2cc(O)cc(F)c2)[nH]c(=O)c1I. The van der Waals surface area contributed by atoms with Crippen molar-refractivity contribution in [2.24, 2.45) is 0 Å². The van der Waals surface area contributed by atoms with E-state index in [9.17, 15) is 14.3 Å². The number of hydrogen-bond donors (Lipinski definition) is 2. The molecule has 100 valence electrons. The molecule has 0 aliphatic rings. The van der Waals surface area contributed by atoms with Crippen LogP contribution in [0.2, 0.25) is 0 Å². The van der Waals surface area contributed by atoms with Gasteiger partial charge < -0.3 is 10.1 Å². The lowest BCUT2D eigenvalue weighted by Gasteiger charge is -2.06. The third-order valence-electron chi connectivity index (χ3n) is 2.57. The van der Waals surface area contributed by atoms with Gasteiger partial charge in [-0.05, 0) is 41.1 Å². The monoisotopic (exact) mass is 374 g/mol. The van der Waals surface area contributed by atoms with E-state index in [1.165, 1.54) is 12.1 Å². The fourth-order valence-corrected chi connectivity index (χ4v) is 2.28. The number of nitrogens with zero attached hydrogens (tertiary/aromatic N) is 1. The van der Waals surface area contributed by atoms with E-state index in [2.05, 4.69) is 9.97 Å². The molecule has 0 radical (unpaired) electrons. The summed E-state index contributed by atoms with van der Waals surface area (Å²) in [6.45, 7) is 1.99. The zero-order chi connectivity index (χ0) is 14.0. The number of halogens is 2. The van der Waals surface area contributed by atoms with Crippen molar-refractivity contribution in [1.82, 2.24) is 9.97 Å². The molecule has 19 heavy (non-hydrogen) atoms. The average Bonchev–Trinajstić information content (AvgIpc) is 2.33. The number of aryl methyl sites for hydroxylation is 1. The topological polar surface area (TPSA) is 66.0 Å². The van der Waals surface area contributed by atoms with Gasteiger partial charge in [0.2, 0.25) is 0 Å². The zero-order valence-corrected chi connectivity index (χ0v) is 12.4. The van der Waals surface area contributed by atoms with Gasteiger partial charge in [0.05, 0.1) is 9.26 Å². The molecule has 2 N–H and O–H groups in total. The highest BCUT2D eigenvalue weighted by molar-refractivity contribution is 14.1. The van der Waals surface area contributed by atoms with Crippen molar-refractivity contribution in [2.75, 3.05) is 0 Å². The second-order valence-electron chi connectivity index (χ2n) is 4.12. The largest absolute Gasteiger partial charge is 0.508 e. The Morgan fingerprint density at radius 3 is 2.79 bits per heavy atom. The number of aromatic amines is 1. The maximum absolute atomic E-state index is 13.3. The lowest BCUT2D eigenvalue weighted by Crippen LogP contribution is -2.16. The van der Waals surface area contributed by atoms with Crippen molar-refractivity contribution in [3.05, 3.63) is 43.6 Å². The number of H-pyrrole nitrogens is 1. The standard InChI is InChI=1S/C13H12FIN2O2/c1-2-3-10-11(15)13(19)17-12(16-10)7-4-8(14)6-9(18)5-7/h4-6,18H,2-3H2,1H3,(H,16,17,19). The Morgan fingerprint density at radius 1 is 1.42 bits per heavy atom. The van der Waals surface area contributed by atoms with Crippen LogP contribution in [-0.2, 0) is 6.42 Å². The Labute approximate surface area is 122 Å². The van der Waals surface area contributed by atoms with Gasteiger partial charge in [-0.15, -0.1) is 0 Å². The fraction of sp³-hybridized carbons (Fsp3) is 0.231. The number of rotatable bonds is 3. The predicted molar refractivity (Wildman–Crippen MR) is 78.6 cm³/mol. The van der Waals surface area contributed by atoms with Crippen molar-refractivity contribution >= 4 is 22.6 Å². The summed E-state index contributed by atoms with van der Waals surface area (Å²) < 4.78 is 13.8. The van der Waals surface area contributed by atoms with E-state index in [1.54, 1.807) is 0 Å². The summed E-state index contributed by atoms with van der Waals surface area (Å²) in [5.41, 5.74) is 0.784.